The molecule has 0 radical (unpaired) electrons. The third kappa shape index (κ3) is 12.4. The minimum Gasteiger partial charge on any atom is -0.496 e. The second-order valence-electron chi connectivity index (χ2n) is 19.4. The molecule has 0 unspecified atom stereocenters. The highest BCUT2D eigenvalue weighted by Gasteiger charge is 2.30. The molecule has 1 saturated heterocycles. The summed E-state index contributed by atoms with van der Waals surface area (Å²) in [4.78, 5) is 67.1. The van der Waals surface area contributed by atoms with Crippen molar-refractivity contribution >= 4 is 50.7 Å². The van der Waals surface area contributed by atoms with E-state index in [-0.39, 0.29) is 32.1 Å². The fraction of sp³-hybridized carbons (Fsp3) is 0.305. The number of halogens is 1. The number of amides is 1. The first kappa shape index (κ1) is 53.0. The largest absolute Gasteiger partial charge is 0.496 e. The zero-order valence-corrected chi connectivity index (χ0v) is 44.3. The summed E-state index contributed by atoms with van der Waals surface area (Å²) in [7, 11) is 3.70. The van der Waals surface area contributed by atoms with Crippen molar-refractivity contribution in [1.82, 2.24) is 34.6 Å². The zero-order valence-electron chi connectivity index (χ0n) is 43.5. The van der Waals surface area contributed by atoms with Gasteiger partial charge >= 0.3 is 12.1 Å². The first-order chi connectivity index (χ1) is 36.8. The Morgan fingerprint density at radius 1 is 0.868 bits per heavy atom. The average molecular weight is 1050 g/mol. The van der Waals surface area contributed by atoms with Gasteiger partial charge in [-0.2, -0.15) is 0 Å². The minimum absolute atomic E-state index is 0.0326. The number of likely N-dealkylation sites (N-methyl/N-ethyl adjacent to an activating group) is 1. The molecule has 9 rings (SSSR count). The number of carbonyl (C=O) groups excluding carboxylic acids is 3. The number of aromatic nitrogens is 4. The average Bonchev–Trinajstić information content (AvgIpc) is 3.84. The SMILES string of the molecule is CCOC(=O)[C@@H](Cc1cc(CN(CCN2CCN(C)CC2)C(=O)OC(C)(C)C)ccc1OCc1ccnc(-c2ccccc2OC)n1)Oc1ncnc2sc(-c3ccc(F)cc3)c(-c3ccc(C=O)c4ccccc34)c12. The van der Waals surface area contributed by atoms with Crippen LogP contribution in [0.4, 0.5) is 9.18 Å². The van der Waals surface area contributed by atoms with Crippen LogP contribution in [0.2, 0.25) is 0 Å². The molecule has 15 nitrogen and oxygen atoms in total. The summed E-state index contributed by atoms with van der Waals surface area (Å²) < 4.78 is 45.2. The van der Waals surface area contributed by atoms with Crippen LogP contribution in [-0.2, 0) is 33.8 Å². The van der Waals surface area contributed by atoms with Gasteiger partial charge in [-0.1, -0.05) is 72.8 Å². The summed E-state index contributed by atoms with van der Waals surface area (Å²) in [5.74, 6) is 0.585. The van der Waals surface area contributed by atoms with E-state index in [1.54, 1.807) is 49.4 Å². The Morgan fingerprint density at radius 3 is 2.38 bits per heavy atom. The van der Waals surface area contributed by atoms with Crippen molar-refractivity contribution in [3.05, 3.63) is 150 Å². The Morgan fingerprint density at radius 2 is 1.63 bits per heavy atom. The number of nitrogens with zero attached hydrogens (tertiary/aromatic N) is 7. The zero-order chi connectivity index (χ0) is 53.3. The first-order valence-corrected chi connectivity index (χ1v) is 26.0. The molecule has 392 valence electrons. The number of rotatable bonds is 19. The van der Waals surface area contributed by atoms with E-state index in [4.69, 9.17) is 38.6 Å². The Labute approximate surface area is 445 Å². The number of ether oxygens (including phenoxy) is 5. The van der Waals surface area contributed by atoms with E-state index < -0.39 is 29.6 Å². The second kappa shape index (κ2) is 23.8. The molecule has 1 fully saturated rings. The fourth-order valence-corrected chi connectivity index (χ4v) is 10.3. The van der Waals surface area contributed by atoms with Crippen molar-refractivity contribution in [2.24, 2.45) is 0 Å². The summed E-state index contributed by atoms with van der Waals surface area (Å²) in [6, 6.07) is 32.3. The smallest absolute Gasteiger partial charge is 0.410 e. The van der Waals surface area contributed by atoms with Crippen molar-refractivity contribution < 1.29 is 42.5 Å². The number of methoxy groups -OCH3 is 1. The van der Waals surface area contributed by atoms with Crippen molar-refractivity contribution in [1.29, 1.82) is 0 Å². The van der Waals surface area contributed by atoms with Gasteiger partial charge in [-0.25, -0.2) is 33.9 Å². The van der Waals surface area contributed by atoms with E-state index in [0.29, 0.717) is 63.0 Å². The van der Waals surface area contributed by atoms with Crippen molar-refractivity contribution in [2.45, 2.75) is 59.0 Å². The van der Waals surface area contributed by atoms with Crippen LogP contribution in [0.1, 0.15) is 54.9 Å². The first-order valence-electron chi connectivity index (χ1n) is 25.2. The van der Waals surface area contributed by atoms with Gasteiger partial charge in [-0.05, 0) is 104 Å². The summed E-state index contributed by atoms with van der Waals surface area (Å²) >= 11 is 1.37. The number of benzene rings is 5. The molecule has 1 aliphatic heterocycles. The van der Waals surface area contributed by atoms with Crippen LogP contribution in [0.5, 0.6) is 17.4 Å². The van der Waals surface area contributed by atoms with Gasteiger partial charge in [0.1, 0.15) is 40.7 Å². The van der Waals surface area contributed by atoms with E-state index in [0.717, 1.165) is 70.4 Å². The molecular formula is C59H60FN7O8S. The molecular weight excluding hydrogens is 986 g/mol. The molecule has 1 amide bonds. The number of carbonyl (C=O) groups is 3. The van der Waals surface area contributed by atoms with E-state index in [9.17, 15) is 18.8 Å². The summed E-state index contributed by atoms with van der Waals surface area (Å²) in [6.45, 7) is 12.3. The molecule has 0 bridgehead atoms. The summed E-state index contributed by atoms with van der Waals surface area (Å²) in [6.07, 6.45) is 2.08. The van der Waals surface area contributed by atoms with E-state index in [1.807, 2.05) is 93.6 Å². The Hall–Kier alpha value is -7.86. The lowest BCUT2D eigenvalue weighted by Crippen LogP contribution is -2.48. The molecule has 0 spiro atoms. The van der Waals surface area contributed by atoms with Crippen LogP contribution in [0.3, 0.4) is 0 Å². The molecule has 8 aromatic rings. The van der Waals surface area contributed by atoms with Gasteiger partial charge in [-0.3, -0.25) is 9.69 Å². The maximum atomic E-state index is 14.5. The van der Waals surface area contributed by atoms with Crippen LogP contribution < -0.4 is 14.2 Å². The normalized spacial score (nSPS) is 13.6. The molecule has 17 heteroatoms. The number of aldehydes is 1. The quantitative estimate of drug-likeness (QED) is 0.0556. The standard InChI is InChI=1S/C59H60FN7O8S/c1-7-72-57(69)50(74-55-52-51(46-22-19-40(35-68)44-12-8-9-13-45(44)46)53(76-56(52)63-37-62-55)39-17-20-42(60)21-18-39)33-41-32-38(34-67(58(70)75-59(2,3)4)31-30-66-28-26-65(5)27-29-66)16-23-48(41)73-36-43-24-25-61-54(64-43)47-14-10-11-15-49(47)71-6/h8-25,32,35,37,50H,7,26-31,33-34,36H2,1-6H3/t50-/m1/s1. The predicted octanol–water partition coefficient (Wildman–Crippen LogP) is 10.7. The van der Waals surface area contributed by atoms with Crippen LogP contribution in [0.15, 0.2) is 122 Å². The summed E-state index contributed by atoms with van der Waals surface area (Å²) in [5, 5.41) is 2.03. The van der Waals surface area contributed by atoms with Crippen molar-refractivity contribution in [3.8, 4) is 50.3 Å². The Kier molecular flexibility index (Phi) is 16.6. The number of fused-ring (bicyclic) bond motifs is 2. The second-order valence-corrected chi connectivity index (χ2v) is 20.4. The van der Waals surface area contributed by atoms with E-state index >= 15 is 0 Å². The highest BCUT2D eigenvalue weighted by atomic mass is 32.1. The van der Waals surface area contributed by atoms with Gasteiger partial charge in [0.2, 0.25) is 12.0 Å². The highest BCUT2D eigenvalue weighted by Crippen LogP contribution is 2.49. The van der Waals surface area contributed by atoms with Gasteiger partial charge in [0.25, 0.3) is 0 Å². The monoisotopic (exact) mass is 1050 g/mol. The lowest BCUT2D eigenvalue weighted by Gasteiger charge is -2.34. The maximum Gasteiger partial charge on any atom is 0.410 e. The van der Waals surface area contributed by atoms with Crippen LogP contribution >= 0.6 is 11.3 Å². The van der Waals surface area contributed by atoms with Crippen LogP contribution in [0, 0.1) is 5.82 Å². The van der Waals surface area contributed by atoms with Crippen molar-refractivity contribution in [3.63, 3.8) is 0 Å². The molecule has 3 aromatic heterocycles. The number of esters is 1. The number of thiophene rings is 1. The lowest BCUT2D eigenvalue weighted by molar-refractivity contribution is -0.151. The molecule has 0 saturated carbocycles. The predicted molar refractivity (Wildman–Crippen MR) is 291 cm³/mol. The van der Waals surface area contributed by atoms with Gasteiger partial charge in [0.05, 0.1) is 30.4 Å². The van der Waals surface area contributed by atoms with E-state index in [2.05, 4.69) is 21.8 Å². The molecule has 5 aromatic carbocycles. The Bertz CT molecular complexity index is 3360. The lowest BCUT2D eigenvalue weighted by atomic mass is 9.93. The van der Waals surface area contributed by atoms with E-state index in [1.165, 1.54) is 29.8 Å². The molecule has 1 atom stereocenters. The molecule has 1 aliphatic rings. The maximum absolute atomic E-state index is 14.5. The number of hydrogen-bond acceptors (Lipinski definition) is 15. The number of piperazine rings is 1. The van der Waals surface area contributed by atoms with Crippen molar-refractivity contribution in [2.75, 3.05) is 60.0 Å². The fourth-order valence-electron chi connectivity index (χ4n) is 9.18. The third-order valence-electron chi connectivity index (χ3n) is 13.0. The topological polar surface area (TPSA) is 159 Å². The number of hydrogen-bond donors (Lipinski definition) is 0. The molecule has 0 N–H and O–H groups in total. The van der Waals surface area contributed by atoms with Gasteiger partial charge in [0, 0.05) is 74.4 Å². The van der Waals surface area contributed by atoms with Gasteiger partial charge in [-0.15, -0.1) is 11.3 Å². The molecule has 76 heavy (non-hydrogen) atoms. The number of para-hydroxylation sites is 1. The molecule has 0 aliphatic carbocycles. The van der Waals surface area contributed by atoms with Gasteiger partial charge in [0.15, 0.2) is 12.1 Å². The van der Waals surface area contributed by atoms with Crippen LogP contribution in [0.25, 0.3) is 53.9 Å². The third-order valence-corrected chi connectivity index (χ3v) is 14.1. The Balaban J connectivity index is 1.12. The molecule has 4 heterocycles. The van der Waals surface area contributed by atoms with Gasteiger partial charge < -0.3 is 33.5 Å². The highest BCUT2D eigenvalue weighted by molar-refractivity contribution is 7.22. The van der Waals surface area contributed by atoms with Crippen LogP contribution in [-0.4, -0.2) is 125 Å². The summed E-state index contributed by atoms with van der Waals surface area (Å²) in [5.41, 5.74) is 4.58. The minimum atomic E-state index is -1.29.